The van der Waals surface area contributed by atoms with Gasteiger partial charge in [0.05, 0.1) is 18.5 Å². The second-order valence-corrected chi connectivity index (χ2v) is 6.10. The van der Waals surface area contributed by atoms with Crippen molar-refractivity contribution >= 4 is 28.9 Å². The van der Waals surface area contributed by atoms with E-state index in [0.717, 1.165) is 11.3 Å². The lowest BCUT2D eigenvalue weighted by atomic mass is 10.0. The predicted octanol–water partition coefficient (Wildman–Crippen LogP) is 2.16. The highest BCUT2D eigenvalue weighted by Gasteiger charge is 2.29. The molecule has 27 heavy (non-hydrogen) atoms. The number of carbonyl (C=O) groups is 2. The average molecular weight is 367 g/mol. The summed E-state index contributed by atoms with van der Waals surface area (Å²) in [7, 11) is 1.60. The number of nitrogens with zero attached hydrogens (tertiary/aromatic N) is 1. The van der Waals surface area contributed by atoms with Crippen molar-refractivity contribution in [2.45, 2.75) is 12.5 Å². The zero-order valence-corrected chi connectivity index (χ0v) is 14.5. The Morgan fingerprint density at radius 1 is 1.26 bits per heavy atom. The van der Waals surface area contributed by atoms with Crippen LogP contribution in [0.2, 0.25) is 0 Å². The fraction of sp³-hybridized carbons (Fsp3) is 0.211. The van der Waals surface area contributed by atoms with Gasteiger partial charge in [0.15, 0.2) is 6.61 Å². The van der Waals surface area contributed by atoms with Gasteiger partial charge >= 0.3 is 0 Å². The molecule has 2 aliphatic heterocycles. The topological polar surface area (TPSA) is 98.2 Å². The SMILES string of the molecule is COc1ccc(C2=NOC(C(=O)Nc3ccc4c(c3)OCC(=O)N4)C2)cc1. The first kappa shape index (κ1) is 16.9. The number of hydrogen-bond donors (Lipinski definition) is 2. The Labute approximate surface area is 155 Å². The zero-order valence-electron chi connectivity index (χ0n) is 14.5. The third-order valence-corrected chi connectivity index (χ3v) is 4.27. The molecule has 2 aromatic carbocycles. The molecule has 8 nitrogen and oxygen atoms in total. The van der Waals surface area contributed by atoms with Crippen molar-refractivity contribution in [3.05, 3.63) is 48.0 Å². The van der Waals surface area contributed by atoms with Crippen LogP contribution in [0.4, 0.5) is 11.4 Å². The average Bonchev–Trinajstić information content (AvgIpc) is 3.18. The summed E-state index contributed by atoms with van der Waals surface area (Å²) in [5.74, 6) is 0.747. The smallest absolute Gasteiger partial charge is 0.268 e. The third-order valence-electron chi connectivity index (χ3n) is 4.27. The van der Waals surface area contributed by atoms with Crippen LogP contribution in [0.3, 0.4) is 0 Å². The number of methoxy groups -OCH3 is 1. The molecule has 2 amide bonds. The van der Waals surface area contributed by atoms with E-state index < -0.39 is 6.10 Å². The van der Waals surface area contributed by atoms with Gasteiger partial charge in [-0.05, 0) is 42.0 Å². The summed E-state index contributed by atoms with van der Waals surface area (Å²) >= 11 is 0. The predicted molar refractivity (Wildman–Crippen MR) is 98.2 cm³/mol. The third kappa shape index (κ3) is 3.55. The lowest BCUT2D eigenvalue weighted by molar-refractivity contribution is -0.125. The Balaban J connectivity index is 1.39. The van der Waals surface area contributed by atoms with Crippen molar-refractivity contribution < 1.29 is 23.9 Å². The number of rotatable bonds is 4. The van der Waals surface area contributed by atoms with Crippen LogP contribution >= 0.6 is 0 Å². The molecule has 2 heterocycles. The Kier molecular flexibility index (Phi) is 4.37. The number of hydrogen-bond acceptors (Lipinski definition) is 6. The number of anilines is 2. The lowest BCUT2D eigenvalue weighted by Gasteiger charge is -2.19. The number of fused-ring (bicyclic) bond motifs is 1. The van der Waals surface area contributed by atoms with E-state index in [0.29, 0.717) is 29.3 Å². The number of benzene rings is 2. The summed E-state index contributed by atoms with van der Waals surface area (Å²) < 4.78 is 10.5. The molecule has 0 bridgehead atoms. The second kappa shape index (κ2) is 6.99. The van der Waals surface area contributed by atoms with E-state index in [1.54, 1.807) is 25.3 Å². The molecule has 2 N–H and O–H groups in total. The summed E-state index contributed by atoms with van der Waals surface area (Å²) in [6.07, 6.45) is -0.339. The number of carbonyl (C=O) groups excluding carboxylic acids is 2. The van der Waals surface area contributed by atoms with Crippen LogP contribution < -0.4 is 20.1 Å². The van der Waals surface area contributed by atoms with Gasteiger partial charge in [0.1, 0.15) is 11.5 Å². The van der Waals surface area contributed by atoms with E-state index in [-0.39, 0.29) is 18.4 Å². The maximum absolute atomic E-state index is 12.5. The summed E-state index contributed by atoms with van der Waals surface area (Å²) in [6, 6.07) is 12.4. The van der Waals surface area contributed by atoms with Gasteiger partial charge in [-0.3, -0.25) is 9.59 Å². The van der Waals surface area contributed by atoms with Crippen LogP contribution in [0.15, 0.2) is 47.6 Å². The molecule has 0 saturated carbocycles. The van der Waals surface area contributed by atoms with Gasteiger partial charge < -0.3 is 24.9 Å². The molecule has 0 radical (unpaired) electrons. The van der Waals surface area contributed by atoms with E-state index in [9.17, 15) is 9.59 Å². The molecule has 2 aliphatic rings. The first-order chi connectivity index (χ1) is 13.1. The molecule has 138 valence electrons. The van der Waals surface area contributed by atoms with E-state index in [1.165, 1.54) is 0 Å². The number of amides is 2. The minimum absolute atomic E-state index is 0.0464. The Bertz CT molecular complexity index is 923. The highest BCUT2D eigenvalue weighted by atomic mass is 16.6. The van der Waals surface area contributed by atoms with Gasteiger partial charge in [0.2, 0.25) is 6.10 Å². The first-order valence-corrected chi connectivity index (χ1v) is 8.37. The number of oxime groups is 1. The van der Waals surface area contributed by atoms with Crippen molar-refractivity contribution in [1.82, 2.24) is 0 Å². The van der Waals surface area contributed by atoms with Crippen LogP contribution in [0.1, 0.15) is 12.0 Å². The fourth-order valence-corrected chi connectivity index (χ4v) is 2.85. The van der Waals surface area contributed by atoms with E-state index in [1.807, 2.05) is 24.3 Å². The van der Waals surface area contributed by atoms with Crippen molar-refractivity contribution in [1.29, 1.82) is 0 Å². The molecular formula is C19H17N3O5. The molecule has 0 aliphatic carbocycles. The van der Waals surface area contributed by atoms with Gasteiger partial charge in [-0.1, -0.05) is 5.16 Å². The number of nitrogens with one attached hydrogen (secondary N) is 2. The molecule has 0 fully saturated rings. The van der Waals surface area contributed by atoms with E-state index >= 15 is 0 Å². The molecular weight excluding hydrogens is 350 g/mol. The summed E-state index contributed by atoms with van der Waals surface area (Å²) in [5.41, 5.74) is 2.71. The van der Waals surface area contributed by atoms with Crippen LogP contribution in [0, 0.1) is 0 Å². The van der Waals surface area contributed by atoms with Crippen molar-refractivity contribution in [3.8, 4) is 11.5 Å². The Morgan fingerprint density at radius 3 is 2.85 bits per heavy atom. The molecule has 1 atom stereocenters. The Hall–Kier alpha value is -3.55. The monoisotopic (exact) mass is 367 g/mol. The zero-order chi connectivity index (χ0) is 18.8. The molecule has 4 rings (SSSR count). The van der Waals surface area contributed by atoms with Crippen LogP contribution in [-0.4, -0.2) is 37.3 Å². The van der Waals surface area contributed by atoms with Gasteiger partial charge in [0.25, 0.3) is 11.8 Å². The van der Waals surface area contributed by atoms with Gasteiger partial charge in [-0.15, -0.1) is 0 Å². The van der Waals surface area contributed by atoms with Gasteiger partial charge in [-0.2, -0.15) is 0 Å². The standard InChI is InChI=1S/C19H17N3O5/c1-25-13-5-2-11(3-6-13)15-9-17(27-22-15)19(24)20-12-4-7-14-16(8-12)26-10-18(23)21-14/h2-8,17H,9-10H2,1H3,(H,20,24)(H,21,23). The minimum Gasteiger partial charge on any atom is -0.497 e. The molecule has 0 spiro atoms. The summed E-state index contributed by atoms with van der Waals surface area (Å²) in [4.78, 5) is 29.1. The largest absolute Gasteiger partial charge is 0.497 e. The van der Waals surface area contributed by atoms with Crippen LogP contribution in [0.5, 0.6) is 11.5 Å². The molecule has 0 saturated heterocycles. The maximum atomic E-state index is 12.5. The van der Waals surface area contributed by atoms with E-state index in [2.05, 4.69) is 15.8 Å². The quantitative estimate of drug-likeness (QED) is 0.863. The first-order valence-electron chi connectivity index (χ1n) is 8.37. The second-order valence-electron chi connectivity index (χ2n) is 6.10. The van der Waals surface area contributed by atoms with Crippen LogP contribution in [-0.2, 0) is 14.4 Å². The van der Waals surface area contributed by atoms with Crippen molar-refractivity contribution in [3.63, 3.8) is 0 Å². The van der Waals surface area contributed by atoms with E-state index in [4.69, 9.17) is 14.3 Å². The van der Waals surface area contributed by atoms with Crippen molar-refractivity contribution in [2.24, 2.45) is 5.16 Å². The minimum atomic E-state index is -0.709. The highest BCUT2D eigenvalue weighted by molar-refractivity contribution is 6.06. The summed E-state index contributed by atoms with van der Waals surface area (Å²) in [5, 5.41) is 9.51. The molecule has 0 aromatic heterocycles. The fourth-order valence-electron chi connectivity index (χ4n) is 2.85. The Morgan fingerprint density at radius 2 is 2.07 bits per heavy atom. The van der Waals surface area contributed by atoms with Crippen LogP contribution in [0.25, 0.3) is 0 Å². The van der Waals surface area contributed by atoms with Gasteiger partial charge in [0, 0.05) is 18.2 Å². The highest BCUT2D eigenvalue weighted by Crippen LogP contribution is 2.31. The lowest BCUT2D eigenvalue weighted by Crippen LogP contribution is -2.28. The van der Waals surface area contributed by atoms with Gasteiger partial charge in [-0.25, -0.2) is 0 Å². The molecule has 1 unspecified atom stereocenters. The normalized spacial score (nSPS) is 17.7. The number of ether oxygens (including phenoxy) is 2. The molecule has 8 heteroatoms. The molecule has 2 aromatic rings. The maximum Gasteiger partial charge on any atom is 0.268 e. The van der Waals surface area contributed by atoms with Crippen molar-refractivity contribution in [2.75, 3.05) is 24.4 Å². The summed E-state index contributed by atoms with van der Waals surface area (Å²) in [6.45, 7) is -0.0464.